The molecule has 0 aliphatic rings. The summed E-state index contributed by atoms with van der Waals surface area (Å²) in [5, 5.41) is 28.0. The van der Waals surface area contributed by atoms with E-state index >= 15 is 0 Å². The van der Waals surface area contributed by atoms with Crippen LogP contribution in [0.4, 0.5) is 0 Å². The Kier molecular flexibility index (Phi) is 39.4. The van der Waals surface area contributed by atoms with Crippen LogP contribution in [-0.2, 0) is 14.4 Å². The number of allylic oxidation sites excluding steroid dienone is 2. The van der Waals surface area contributed by atoms with E-state index in [1.807, 2.05) is 0 Å². The van der Waals surface area contributed by atoms with Crippen molar-refractivity contribution in [1.29, 1.82) is 0 Å². The van der Waals surface area contributed by atoms with Gasteiger partial charge < -0.3 is 15.3 Å². The Hall–Kier alpha value is -1.85. The van der Waals surface area contributed by atoms with E-state index in [9.17, 15) is 19.5 Å². The van der Waals surface area contributed by atoms with Gasteiger partial charge in [0, 0.05) is 12.8 Å². The Morgan fingerprint density at radius 3 is 0.852 bits per heavy atom. The second-order valence-electron chi connectivity index (χ2n) is 16.8. The lowest BCUT2D eigenvalue weighted by Gasteiger charge is -2.30. The summed E-state index contributed by atoms with van der Waals surface area (Å²) in [6.07, 6.45) is 50.9. The summed E-state index contributed by atoms with van der Waals surface area (Å²) in [6, 6.07) is 0. The molecule has 1 unspecified atom stereocenters. The van der Waals surface area contributed by atoms with Crippen LogP contribution in [0.15, 0.2) is 12.2 Å². The second kappa shape index (κ2) is 40.8. The zero-order chi connectivity index (χ0) is 39.6. The topological polar surface area (TPSA) is 112 Å². The van der Waals surface area contributed by atoms with E-state index in [1.165, 1.54) is 161 Å². The molecule has 0 bridgehead atoms. The largest absolute Gasteiger partial charge is 0.481 e. The molecule has 6 heteroatoms. The van der Waals surface area contributed by atoms with Crippen LogP contribution < -0.4 is 0 Å². The van der Waals surface area contributed by atoms with Crippen LogP contribution in [0, 0.1) is 5.41 Å². The Morgan fingerprint density at radius 1 is 0.352 bits per heavy atom. The smallest absolute Gasteiger partial charge is 0.309 e. The number of carbonyl (C=O) groups is 3. The van der Waals surface area contributed by atoms with Crippen LogP contribution in [0.2, 0.25) is 0 Å². The molecule has 0 heterocycles. The fourth-order valence-corrected chi connectivity index (χ4v) is 8.07. The van der Waals surface area contributed by atoms with E-state index in [0.29, 0.717) is 12.8 Å². The Balaban J connectivity index is 4.23. The summed E-state index contributed by atoms with van der Waals surface area (Å²) in [5.41, 5.74) is -0.524. The van der Waals surface area contributed by atoms with Crippen molar-refractivity contribution in [2.24, 2.45) is 5.41 Å². The van der Waals surface area contributed by atoms with Crippen LogP contribution >= 0.6 is 0 Å². The number of hydrogen-bond donors (Lipinski definition) is 3. The molecule has 0 aromatic rings. The highest BCUT2D eigenvalue weighted by Gasteiger charge is 2.36. The molecule has 1 atom stereocenters. The van der Waals surface area contributed by atoms with Gasteiger partial charge in [0.1, 0.15) is 0 Å². The molecule has 0 radical (unpaired) electrons. The van der Waals surface area contributed by atoms with E-state index in [0.717, 1.165) is 89.9 Å². The van der Waals surface area contributed by atoms with E-state index in [4.69, 9.17) is 10.2 Å². The molecule has 0 aliphatic heterocycles. The maximum Gasteiger partial charge on any atom is 0.309 e. The Labute approximate surface area is 334 Å². The average Bonchev–Trinajstić information content (AvgIpc) is 3.14. The quantitative estimate of drug-likeness (QED) is 0.0421. The number of hydrogen-bond acceptors (Lipinski definition) is 3. The van der Waals surface area contributed by atoms with Crippen LogP contribution in [0.25, 0.3) is 0 Å². The maximum atomic E-state index is 12.8. The van der Waals surface area contributed by atoms with E-state index in [1.54, 1.807) is 0 Å². The normalized spacial score (nSPS) is 12.8. The van der Waals surface area contributed by atoms with Gasteiger partial charge in [-0.3, -0.25) is 14.4 Å². The fraction of sp³-hybridized carbons (Fsp3) is 0.896. The molecule has 0 aromatic carbocycles. The number of rotatable bonds is 45. The highest BCUT2D eigenvalue weighted by Crippen LogP contribution is 2.38. The van der Waals surface area contributed by atoms with Crippen LogP contribution in [0.3, 0.4) is 0 Å². The van der Waals surface area contributed by atoms with Crippen molar-refractivity contribution >= 4 is 17.9 Å². The number of carboxylic acids is 3. The van der Waals surface area contributed by atoms with Crippen LogP contribution in [0.1, 0.15) is 270 Å². The van der Waals surface area contributed by atoms with Crippen molar-refractivity contribution in [3.63, 3.8) is 0 Å². The number of carboxylic acid groups (broad SMARTS) is 3. The Bertz CT molecular complexity index is 869. The minimum atomic E-state index is -0.684. The minimum absolute atomic E-state index is 0.300. The molecule has 0 fully saturated rings. The summed E-state index contributed by atoms with van der Waals surface area (Å²) >= 11 is 0. The van der Waals surface area contributed by atoms with Gasteiger partial charge >= 0.3 is 17.9 Å². The zero-order valence-corrected chi connectivity index (χ0v) is 35.7. The average molecular weight is 763 g/mol. The lowest BCUT2D eigenvalue weighted by Crippen LogP contribution is -2.31. The predicted molar refractivity (Wildman–Crippen MR) is 229 cm³/mol. The summed E-state index contributed by atoms with van der Waals surface area (Å²) in [5.74, 6) is -1.89. The van der Waals surface area contributed by atoms with Crippen LogP contribution in [-0.4, -0.2) is 33.2 Å². The number of aliphatic carboxylic acids is 3. The van der Waals surface area contributed by atoms with Crippen molar-refractivity contribution in [2.75, 3.05) is 0 Å². The summed E-state index contributed by atoms with van der Waals surface area (Å²) in [7, 11) is 0. The van der Waals surface area contributed by atoms with Gasteiger partial charge in [-0.1, -0.05) is 212 Å². The van der Waals surface area contributed by atoms with Crippen molar-refractivity contribution in [3.05, 3.63) is 12.2 Å². The first-order valence-corrected chi connectivity index (χ1v) is 23.7. The van der Waals surface area contributed by atoms with Crippen LogP contribution in [0.5, 0.6) is 0 Å². The molecule has 0 aromatic heterocycles. The maximum absolute atomic E-state index is 12.8. The third kappa shape index (κ3) is 37.1. The first-order chi connectivity index (χ1) is 26.3. The molecule has 0 saturated carbocycles. The molecule has 318 valence electrons. The Morgan fingerprint density at radius 2 is 0.593 bits per heavy atom. The van der Waals surface area contributed by atoms with E-state index < -0.39 is 23.3 Å². The van der Waals surface area contributed by atoms with Gasteiger partial charge in [0.25, 0.3) is 0 Å². The molecular weight excluding hydrogens is 673 g/mol. The van der Waals surface area contributed by atoms with E-state index in [2.05, 4.69) is 19.1 Å². The minimum Gasteiger partial charge on any atom is -0.481 e. The summed E-state index contributed by atoms with van der Waals surface area (Å²) in [4.78, 5) is 34.0. The highest BCUT2D eigenvalue weighted by molar-refractivity contribution is 5.74. The number of unbranched alkanes of at least 4 members (excludes halogenated alkanes) is 32. The second-order valence-corrected chi connectivity index (χ2v) is 16.8. The van der Waals surface area contributed by atoms with Gasteiger partial charge in [0.15, 0.2) is 0 Å². The molecule has 0 rings (SSSR count). The monoisotopic (exact) mass is 763 g/mol. The van der Waals surface area contributed by atoms with Crippen molar-refractivity contribution < 1.29 is 29.7 Å². The summed E-state index contributed by atoms with van der Waals surface area (Å²) in [6.45, 7) is 2.26. The molecule has 0 spiro atoms. The highest BCUT2D eigenvalue weighted by atomic mass is 16.4. The first-order valence-electron chi connectivity index (χ1n) is 23.7. The first kappa shape index (κ1) is 52.2. The van der Waals surface area contributed by atoms with Gasteiger partial charge in [-0.05, 0) is 57.8 Å². The predicted octanol–water partition coefficient (Wildman–Crippen LogP) is 15.8. The lowest BCUT2D eigenvalue weighted by atomic mass is 9.74. The van der Waals surface area contributed by atoms with Gasteiger partial charge in [0.2, 0.25) is 0 Å². The third-order valence-electron chi connectivity index (χ3n) is 11.7. The lowest BCUT2D eigenvalue weighted by molar-refractivity contribution is -0.151. The fourth-order valence-electron chi connectivity index (χ4n) is 8.07. The molecule has 3 N–H and O–H groups in total. The van der Waals surface area contributed by atoms with Gasteiger partial charge in [-0.15, -0.1) is 0 Å². The third-order valence-corrected chi connectivity index (χ3v) is 11.7. The van der Waals surface area contributed by atoms with Gasteiger partial charge in [-0.25, -0.2) is 0 Å². The standard InChI is InChI=1S/C48H90O6/c1-2-3-4-5-6-27-32-37-42-48(47(53)54,43-38-33-28-23-19-15-11-7-9-13-17-21-25-30-35-40-45(49)50)44-39-34-29-24-20-16-12-8-10-14-18-22-26-31-36-41-46(51)52/h7,9H,2-6,8,10-44H2,1H3,(H,49,50)(H,51,52)(H,53,54). The SMILES string of the molecule is CCCCCCCCCCC(CCCCCCCCC=CCCCCCCCC(=O)O)(CCCCCCCCCCCCCCCCCC(=O)O)C(=O)O. The van der Waals surface area contributed by atoms with Crippen molar-refractivity contribution in [3.8, 4) is 0 Å². The molecule has 0 amide bonds. The molecule has 6 nitrogen and oxygen atoms in total. The van der Waals surface area contributed by atoms with Gasteiger partial charge in [-0.2, -0.15) is 0 Å². The van der Waals surface area contributed by atoms with Gasteiger partial charge in [0.05, 0.1) is 5.41 Å². The summed E-state index contributed by atoms with van der Waals surface area (Å²) < 4.78 is 0. The molecular formula is C48H90O6. The zero-order valence-electron chi connectivity index (χ0n) is 35.7. The van der Waals surface area contributed by atoms with Crippen molar-refractivity contribution in [2.45, 2.75) is 270 Å². The molecule has 0 aliphatic carbocycles. The van der Waals surface area contributed by atoms with E-state index in [-0.39, 0.29) is 0 Å². The molecule has 0 saturated heterocycles. The van der Waals surface area contributed by atoms with Crippen molar-refractivity contribution in [1.82, 2.24) is 0 Å². The molecule has 54 heavy (non-hydrogen) atoms.